The molecule has 0 saturated carbocycles. The zero-order valence-electron chi connectivity index (χ0n) is 18.2. The number of nitrogens with zero attached hydrogens (tertiary/aromatic N) is 6. The van der Waals surface area contributed by atoms with E-state index in [0.717, 1.165) is 43.3 Å². The molecular weight excluding hydrogens is 467 g/mol. The summed E-state index contributed by atoms with van der Waals surface area (Å²) in [4.78, 5) is 17.5. The summed E-state index contributed by atoms with van der Waals surface area (Å²) in [5.41, 5.74) is 1.54. The largest absolute Gasteiger partial charge is 0.352 e. The quantitative estimate of drug-likeness (QED) is 0.501. The van der Waals surface area contributed by atoms with Gasteiger partial charge in [-0.2, -0.15) is 4.31 Å². The molecule has 1 aliphatic heterocycles. The molecule has 176 valence electrons. The molecule has 0 aliphatic carbocycles. The summed E-state index contributed by atoms with van der Waals surface area (Å²) in [6, 6.07) is 9.42. The Morgan fingerprint density at radius 3 is 2.36 bits per heavy atom. The summed E-state index contributed by atoms with van der Waals surface area (Å²) in [6.45, 7) is 4.07. The fourth-order valence-electron chi connectivity index (χ4n) is 3.64. The molecule has 0 N–H and O–H groups in total. The van der Waals surface area contributed by atoms with Crippen LogP contribution in [0.2, 0.25) is 0 Å². The van der Waals surface area contributed by atoms with Gasteiger partial charge in [0.15, 0.2) is 5.82 Å². The molecule has 4 rings (SSSR count). The number of anilines is 1. The van der Waals surface area contributed by atoms with E-state index in [2.05, 4.69) is 24.8 Å². The standard InChI is InChI=1S/C22H25FN6O2S.ClH/c1-27(32(30,31)20-3-2-8-24-17-20)11-12-28-13-15-29(16-14-28)22-21(25-9-10-26-22)18-4-6-19(23)7-5-18;/h2-10,17H,11-16H2,1H3;1H. The molecular formula is C22H26ClFN6O2S. The second-order valence-electron chi connectivity index (χ2n) is 7.58. The Morgan fingerprint density at radius 1 is 1.00 bits per heavy atom. The summed E-state index contributed by atoms with van der Waals surface area (Å²) >= 11 is 0. The van der Waals surface area contributed by atoms with Crippen molar-refractivity contribution in [3.05, 3.63) is 67.0 Å². The van der Waals surface area contributed by atoms with Crippen LogP contribution in [0, 0.1) is 5.82 Å². The van der Waals surface area contributed by atoms with Crippen molar-refractivity contribution in [2.75, 3.05) is 51.2 Å². The van der Waals surface area contributed by atoms with E-state index in [9.17, 15) is 12.8 Å². The maximum absolute atomic E-state index is 13.3. The van der Waals surface area contributed by atoms with Crippen LogP contribution < -0.4 is 4.90 Å². The van der Waals surface area contributed by atoms with Gasteiger partial charge in [0, 0.05) is 76.7 Å². The highest BCUT2D eigenvalue weighted by Gasteiger charge is 2.24. The number of aromatic nitrogens is 3. The van der Waals surface area contributed by atoms with E-state index in [0.29, 0.717) is 13.1 Å². The number of hydrogen-bond acceptors (Lipinski definition) is 7. The first kappa shape index (κ1) is 25.0. The number of rotatable bonds is 7. The molecule has 0 radical (unpaired) electrons. The van der Waals surface area contributed by atoms with E-state index in [-0.39, 0.29) is 23.1 Å². The van der Waals surface area contributed by atoms with Crippen molar-refractivity contribution in [2.45, 2.75) is 4.90 Å². The van der Waals surface area contributed by atoms with E-state index in [1.165, 1.54) is 22.6 Å². The summed E-state index contributed by atoms with van der Waals surface area (Å²) in [6.07, 6.45) is 6.21. The van der Waals surface area contributed by atoms with Gasteiger partial charge in [-0.05, 0) is 36.4 Å². The Bertz CT molecular complexity index is 1140. The molecule has 3 heterocycles. The normalized spacial score (nSPS) is 14.8. The average Bonchev–Trinajstić information content (AvgIpc) is 2.84. The molecule has 33 heavy (non-hydrogen) atoms. The van der Waals surface area contributed by atoms with Crippen molar-refractivity contribution in [2.24, 2.45) is 0 Å². The first-order valence-corrected chi connectivity index (χ1v) is 11.8. The number of hydrogen-bond donors (Lipinski definition) is 0. The lowest BCUT2D eigenvalue weighted by molar-refractivity contribution is 0.243. The molecule has 0 unspecified atom stereocenters. The Hall–Kier alpha value is -2.66. The van der Waals surface area contributed by atoms with Crippen LogP contribution in [-0.2, 0) is 10.0 Å². The summed E-state index contributed by atoms with van der Waals surface area (Å²) < 4.78 is 40.0. The van der Waals surface area contributed by atoms with Gasteiger partial charge in [-0.15, -0.1) is 12.4 Å². The van der Waals surface area contributed by atoms with Crippen LogP contribution in [0.25, 0.3) is 11.3 Å². The number of benzene rings is 1. The van der Waals surface area contributed by atoms with Gasteiger partial charge < -0.3 is 4.90 Å². The minimum atomic E-state index is -3.54. The molecule has 0 spiro atoms. The van der Waals surface area contributed by atoms with Gasteiger partial charge in [-0.25, -0.2) is 17.8 Å². The van der Waals surface area contributed by atoms with Gasteiger partial charge in [-0.1, -0.05) is 0 Å². The van der Waals surface area contributed by atoms with Crippen LogP contribution in [0.5, 0.6) is 0 Å². The number of piperazine rings is 1. The van der Waals surface area contributed by atoms with Gasteiger partial charge in [0.25, 0.3) is 0 Å². The van der Waals surface area contributed by atoms with Crippen LogP contribution in [0.1, 0.15) is 0 Å². The molecule has 0 atom stereocenters. The minimum absolute atomic E-state index is 0. The van der Waals surface area contributed by atoms with Crippen molar-refractivity contribution in [1.29, 1.82) is 0 Å². The van der Waals surface area contributed by atoms with Crippen LogP contribution in [0.4, 0.5) is 10.2 Å². The van der Waals surface area contributed by atoms with Gasteiger partial charge in [-0.3, -0.25) is 14.9 Å². The van der Waals surface area contributed by atoms with E-state index >= 15 is 0 Å². The third-order valence-corrected chi connectivity index (χ3v) is 7.38. The molecule has 0 bridgehead atoms. The van der Waals surface area contributed by atoms with Gasteiger partial charge in [0.05, 0.1) is 0 Å². The number of likely N-dealkylation sites (N-methyl/N-ethyl adjacent to an activating group) is 1. The second kappa shape index (κ2) is 11.0. The van der Waals surface area contributed by atoms with Crippen LogP contribution >= 0.6 is 12.4 Å². The van der Waals surface area contributed by atoms with Crippen LogP contribution in [0.3, 0.4) is 0 Å². The van der Waals surface area contributed by atoms with Crippen molar-refractivity contribution in [3.63, 3.8) is 0 Å². The van der Waals surface area contributed by atoms with E-state index in [1.807, 2.05) is 0 Å². The fourth-order valence-corrected chi connectivity index (χ4v) is 4.77. The Kier molecular flexibility index (Phi) is 8.30. The minimum Gasteiger partial charge on any atom is -0.352 e. The maximum Gasteiger partial charge on any atom is 0.244 e. The van der Waals surface area contributed by atoms with E-state index in [4.69, 9.17) is 0 Å². The molecule has 1 aromatic carbocycles. The molecule has 1 saturated heterocycles. The van der Waals surface area contributed by atoms with Gasteiger partial charge >= 0.3 is 0 Å². The highest BCUT2D eigenvalue weighted by Crippen LogP contribution is 2.27. The summed E-state index contributed by atoms with van der Waals surface area (Å²) in [5, 5.41) is 0. The summed E-state index contributed by atoms with van der Waals surface area (Å²) in [5.74, 6) is 0.485. The monoisotopic (exact) mass is 492 g/mol. The van der Waals surface area contributed by atoms with Crippen molar-refractivity contribution < 1.29 is 12.8 Å². The maximum atomic E-state index is 13.3. The molecule has 1 aliphatic rings. The lowest BCUT2D eigenvalue weighted by Gasteiger charge is -2.36. The molecule has 0 amide bonds. The second-order valence-corrected chi connectivity index (χ2v) is 9.62. The molecule has 3 aromatic rings. The Balaban J connectivity index is 0.00000306. The first-order valence-electron chi connectivity index (χ1n) is 10.4. The van der Waals surface area contributed by atoms with E-state index < -0.39 is 10.0 Å². The third kappa shape index (κ3) is 5.83. The Morgan fingerprint density at radius 2 is 1.70 bits per heavy atom. The average molecular weight is 493 g/mol. The molecule has 11 heteroatoms. The zero-order valence-corrected chi connectivity index (χ0v) is 19.8. The topological polar surface area (TPSA) is 82.5 Å². The highest BCUT2D eigenvalue weighted by atomic mass is 35.5. The zero-order chi connectivity index (χ0) is 22.6. The number of halogens is 2. The third-order valence-electron chi connectivity index (χ3n) is 5.54. The molecule has 8 nitrogen and oxygen atoms in total. The molecule has 2 aromatic heterocycles. The van der Waals surface area contributed by atoms with E-state index in [1.54, 1.807) is 49.9 Å². The first-order chi connectivity index (χ1) is 15.4. The lowest BCUT2D eigenvalue weighted by atomic mass is 10.1. The lowest BCUT2D eigenvalue weighted by Crippen LogP contribution is -2.49. The van der Waals surface area contributed by atoms with Crippen molar-refractivity contribution in [1.82, 2.24) is 24.2 Å². The number of sulfonamides is 1. The predicted octanol–water partition coefficient (Wildman–Crippen LogP) is 2.54. The predicted molar refractivity (Wildman–Crippen MR) is 127 cm³/mol. The van der Waals surface area contributed by atoms with Crippen molar-refractivity contribution >= 4 is 28.2 Å². The molecule has 1 fully saturated rings. The number of pyridine rings is 1. The van der Waals surface area contributed by atoms with Crippen LogP contribution in [0.15, 0.2) is 66.1 Å². The van der Waals surface area contributed by atoms with Crippen LogP contribution in [-0.4, -0.2) is 78.9 Å². The van der Waals surface area contributed by atoms with Crippen molar-refractivity contribution in [3.8, 4) is 11.3 Å². The van der Waals surface area contributed by atoms with Gasteiger partial charge in [0.2, 0.25) is 10.0 Å². The fraction of sp³-hybridized carbons (Fsp3) is 0.318. The van der Waals surface area contributed by atoms with Gasteiger partial charge in [0.1, 0.15) is 16.4 Å². The summed E-state index contributed by atoms with van der Waals surface area (Å²) in [7, 11) is -1.95. The Labute approximate surface area is 199 Å². The SMILES string of the molecule is CN(CCN1CCN(c2nccnc2-c2ccc(F)cc2)CC1)S(=O)(=O)c1cccnc1.Cl. The highest BCUT2D eigenvalue weighted by molar-refractivity contribution is 7.89. The smallest absolute Gasteiger partial charge is 0.244 e.